The first kappa shape index (κ1) is 16.0. The Morgan fingerprint density at radius 3 is 2.68 bits per heavy atom. The second-order valence-corrected chi connectivity index (χ2v) is 5.50. The summed E-state index contributed by atoms with van der Waals surface area (Å²) in [5.41, 5.74) is 0.685. The van der Waals surface area contributed by atoms with E-state index in [0.29, 0.717) is 10.7 Å². The summed E-state index contributed by atoms with van der Waals surface area (Å²) in [5, 5.41) is 19.6. The maximum absolute atomic E-state index is 12.1. The highest BCUT2D eigenvalue weighted by Gasteiger charge is 2.25. The minimum absolute atomic E-state index is 0.0341. The molecule has 1 aromatic carbocycles. The zero-order chi connectivity index (χ0) is 16.3. The molecular weight excluding hydrogens is 308 g/mol. The number of carboxylic acids is 1. The minimum atomic E-state index is -1.09. The van der Waals surface area contributed by atoms with Crippen molar-refractivity contribution in [1.29, 1.82) is 0 Å². The number of carbonyl (C=O) groups is 2. The molecule has 0 saturated carbocycles. The fourth-order valence-electron chi connectivity index (χ4n) is 1.84. The molecule has 1 heterocycles. The van der Waals surface area contributed by atoms with Crippen molar-refractivity contribution in [3.05, 3.63) is 41.2 Å². The summed E-state index contributed by atoms with van der Waals surface area (Å²) in [4.78, 5) is 23.2. The standard InChI is InChI=1S/C14H15ClN4O3/c1-8(2)12(14(21)22)16-13(20)11-7-19(18-17-11)10-5-3-4-9(15)6-10/h3-8,12H,1-2H3,(H,16,20)(H,21,22)/t12-/m1/s1. The highest BCUT2D eigenvalue weighted by atomic mass is 35.5. The lowest BCUT2D eigenvalue weighted by atomic mass is 10.0. The summed E-state index contributed by atoms with van der Waals surface area (Å²) < 4.78 is 1.39. The van der Waals surface area contributed by atoms with Gasteiger partial charge in [0.2, 0.25) is 0 Å². The molecule has 0 fully saturated rings. The van der Waals surface area contributed by atoms with Crippen LogP contribution in [-0.4, -0.2) is 38.0 Å². The maximum Gasteiger partial charge on any atom is 0.326 e. The molecule has 0 bridgehead atoms. The Labute approximate surface area is 131 Å². The minimum Gasteiger partial charge on any atom is -0.480 e. The van der Waals surface area contributed by atoms with Gasteiger partial charge in [0.05, 0.1) is 11.9 Å². The summed E-state index contributed by atoms with van der Waals surface area (Å²) >= 11 is 5.90. The largest absolute Gasteiger partial charge is 0.480 e. The Kier molecular flexibility index (Phi) is 4.77. The molecular formula is C14H15ClN4O3. The second kappa shape index (κ2) is 6.57. The molecule has 0 aliphatic rings. The Balaban J connectivity index is 2.17. The lowest BCUT2D eigenvalue weighted by Crippen LogP contribution is -2.44. The predicted molar refractivity (Wildman–Crippen MR) is 80.1 cm³/mol. The molecule has 22 heavy (non-hydrogen) atoms. The first-order valence-electron chi connectivity index (χ1n) is 6.60. The molecule has 2 aromatic rings. The third kappa shape index (κ3) is 3.62. The molecule has 116 valence electrons. The normalized spacial score (nSPS) is 12.2. The molecule has 2 N–H and O–H groups in total. The zero-order valence-corrected chi connectivity index (χ0v) is 12.8. The molecule has 0 spiro atoms. The topological polar surface area (TPSA) is 97.1 Å². The number of nitrogens with zero attached hydrogens (tertiary/aromatic N) is 3. The molecule has 0 aliphatic carbocycles. The number of aliphatic carboxylic acids is 1. The van der Waals surface area contributed by atoms with Gasteiger partial charge in [-0.3, -0.25) is 4.79 Å². The van der Waals surface area contributed by atoms with Crippen molar-refractivity contribution in [2.24, 2.45) is 5.92 Å². The average Bonchev–Trinajstić information content (AvgIpc) is 2.93. The lowest BCUT2D eigenvalue weighted by Gasteiger charge is -2.16. The number of rotatable bonds is 5. The smallest absolute Gasteiger partial charge is 0.326 e. The molecule has 0 saturated heterocycles. The fraction of sp³-hybridized carbons (Fsp3) is 0.286. The summed E-state index contributed by atoms with van der Waals surface area (Å²) in [6.07, 6.45) is 1.42. The Morgan fingerprint density at radius 1 is 1.36 bits per heavy atom. The van der Waals surface area contributed by atoms with Gasteiger partial charge in [0, 0.05) is 5.02 Å². The fourth-order valence-corrected chi connectivity index (χ4v) is 2.03. The van der Waals surface area contributed by atoms with Gasteiger partial charge >= 0.3 is 5.97 Å². The number of nitrogens with one attached hydrogen (secondary N) is 1. The van der Waals surface area contributed by atoms with Crippen LogP contribution < -0.4 is 5.32 Å². The second-order valence-electron chi connectivity index (χ2n) is 5.06. The number of hydrogen-bond donors (Lipinski definition) is 2. The highest BCUT2D eigenvalue weighted by Crippen LogP contribution is 2.14. The molecule has 1 amide bonds. The van der Waals surface area contributed by atoms with Gasteiger partial charge in [0.15, 0.2) is 5.69 Å². The van der Waals surface area contributed by atoms with Crippen LogP contribution in [0.2, 0.25) is 5.02 Å². The highest BCUT2D eigenvalue weighted by molar-refractivity contribution is 6.30. The number of benzene rings is 1. The molecule has 1 atom stereocenters. The Morgan fingerprint density at radius 2 is 2.09 bits per heavy atom. The van der Waals surface area contributed by atoms with Gasteiger partial charge in [0.25, 0.3) is 5.91 Å². The molecule has 0 radical (unpaired) electrons. The number of carboxylic acid groups (broad SMARTS) is 1. The van der Waals surface area contributed by atoms with Crippen molar-refractivity contribution in [3.63, 3.8) is 0 Å². The number of amides is 1. The van der Waals surface area contributed by atoms with E-state index in [0.717, 1.165) is 0 Å². The van der Waals surface area contributed by atoms with Crippen LogP contribution in [0.3, 0.4) is 0 Å². The number of hydrogen-bond acceptors (Lipinski definition) is 4. The summed E-state index contributed by atoms with van der Waals surface area (Å²) in [6.45, 7) is 3.42. The van der Waals surface area contributed by atoms with Crippen LogP contribution >= 0.6 is 11.6 Å². The SMILES string of the molecule is CC(C)[C@@H](NC(=O)c1cn(-c2cccc(Cl)c2)nn1)C(=O)O. The first-order valence-corrected chi connectivity index (χ1v) is 6.98. The first-order chi connectivity index (χ1) is 10.4. The van der Waals surface area contributed by atoms with Gasteiger partial charge in [-0.05, 0) is 24.1 Å². The van der Waals surface area contributed by atoms with E-state index in [9.17, 15) is 9.59 Å². The maximum atomic E-state index is 12.1. The van der Waals surface area contributed by atoms with Gasteiger partial charge in [-0.2, -0.15) is 0 Å². The van der Waals surface area contributed by atoms with Crippen LogP contribution in [0.5, 0.6) is 0 Å². The van der Waals surface area contributed by atoms with Crippen LogP contribution in [-0.2, 0) is 4.79 Å². The van der Waals surface area contributed by atoms with E-state index in [2.05, 4.69) is 15.6 Å². The van der Waals surface area contributed by atoms with Crippen LogP contribution in [0.4, 0.5) is 0 Å². The Bertz CT molecular complexity index is 699. The summed E-state index contributed by atoms with van der Waals surface area (Å²) in [6, 6.07) is 5.92. The van der Waals surface area contributed by atoms with Crippen LogP contribution in [0.25, 0.3) is 5.69 Å². The van der Waals surface area contributed by atoms with Crippen LogP contribution in [0, 0.1) is 5.92 Å². The van der Waals surface area contributed by atoms with E-state index in [-0.39, 0.29) is 11.6 Å². The number of carbonyl (C=O) groups excluding carboxylic acids is 1. The molecule has 1 aromatic heterocycles. The van der Waals surface area contributed by atoms with Crippen LogP contribution in [0.15, 0.2) is 30.5 Å². The molecule has 7 nitrogen and oxygen atoms in total. The third-order valence-electron chi connectivity index (χ3n) is 3.02. The van der Waals surface area contributed by atoms with Crippen molar-refractivity contribution < 1.29 is 14.7 Å². The number of halogens is 1. The average molecular weight is 323 g/mol. The van der Waals surface area contributed by atoms with E-state index in [1.54, 1.807) is 38.1 Å². The van der Waals surface area contributed by atoms with Gasteiger partial charge in [0.1, 0.15) is 6.04 Å². The summed E-state index contributed by atoms with van der Waals surface area (Å²) in [7, 11) is 0. The number of aromatic nitrogens is 3. The molecule has 0 aliphatic heterocycles. The quantitative estimate of drug-likeness (QED) is 0.874. The monoisotopic (exact) mass is 322 g/mol. The Hall–Kier alpha value is -2.41. The third-order valence-corrected chi connectivity index (χ3v) is 3.25. The van der Waals surface area contributed by atoms with E-state index in [1.807, 2.05) is 0 Å². The van der Waals surface area contributed by atoms with Crippen molar-refractivity contribution in [2.75, 3.05) is 0 Å². The predicted octanol–water partition coefficient (Wildman–Crippen LogP) is 1.76. The van der Waals surface area contributed by atoms with E-state index in [4.69, 9.17) is 16.7 Å². The van der Waals surface area contributed by atoms with E-state index < -0.39 is 17.9 Å². The van der Waals surface area contributed by atoms with E-state index in [1.165, 1.54) is 10.9 Å². The van der Waals surface area contributed by atoms with Gasteiger partial charge < -0.3 is 10.4 Å². The van der Waals surface area contributed by atoms with Gasteiger partial charge in [-0.1, -0.05) is 36.7 Å². The van der Waals surface area contributed by atoms with Crippen LogP contribution in [0.1, 0.15) is 24.3 Å². The lowest BCUT2D eigenvalue weighted by molar-refractivity contribution is -0.140. The van der Waals surface area contributed by atoms with Crippen molar-refractivity contribution >= 4 is 23.5 Å². The van der Waals surface area contributed by atoms with Gasteiger partial charge in [-0.15, -0.1) is 5.10 Å². The molecule has 8 heteroatoms. The molecule has 2 rings (SSSR count). The summed E-state index contributed by atoms with van der Waals surface area (Å²) in [5.74, 6) is -1.93. The van der Waals surface area contributed by atoms with Crippen molar-refractivity contribution in [2.45, 2.75) is 19.9 Å². The van der Waals surface area contributed by atoms with Crippen molar-refractivity contribution in [3.8, 4) is 5.69 Å². The van der Waals surface area contributed by atoms with E-state index >= 15 is 0 Å². The zero-order valence-electron chi connectivity index (χ0n) is 12.0. The molecule has 0 unspecified atom stereocenters. The van der Waals surface area contributed by atoms with Crippen molar-refractivity contribution in [1.82, 2.24) is 20.3 Å². The van der Waals surface area contributed by atoms with Gasteiger partial charge in [-0.25, -0.2) is 9.48 Å².